The van der Waals surface area contributed by atoms with Gasteiger partial charge in [0.2, 0.25) is 41.4 Å². The van der Waals surface area contributed by atoms with Gasteiger partial charge in [-0.3, -0.25) is 38.6 Å². The Hall–Kier alpha value is -6.28. The van der Waals surface area contributed by atoms with Crippen LogP contribution in [0.15, 0.2) is 48.0 Å². The lowest BCUT2D eigenvalue weighted by Crippen LogP contribution is -2.56. The summed E-state index contributed by atoms with van der Waals surface area (Å²) in [5.74, 6) is -3.62. The number of nitrogens with two attached hydrogens (primary N) is 6. The van der Waals surface area contributed by atoms with E-state index in [0.717, 1.165) is 16.5 Å². The lowest BCUT2D eigenvalue weighted by atomic mass is 10.0. The molecule has 0 saturated carbocycles. The molecule has 0 fully saturated rings. The van der Waals surface area contributed by atoms with Crippen LogP contribution in [0.4, 0.5) is 0 Å². The molecule has 0 saturated heterocycles. The van der Waals surface area contributed by atoms with E-state index in [9.17, 15) is 38.7 Å². The van der Waals surface area contributed by atoms with Crippen LogP contribution in [-0.4, -0.2) is 177 Å². The summed E-state index contributed by atoms with van der Waals surface area (Å²) in [5.41, 5.74) is 36.7. The number of aryl methyl sites for hydroxylation is 1. The highest BCUT2D eigenvalue weighted by Gasteiger charge is 2.34. The number of carbonyl (C=O) groups is 7. The highest BCUT2D eigenvalue weighted by molar-refractivity contribution is 7.80. The Kier molecular flexibility index (Phi) is 28.0. The third-order valence-electron chi connectivity index (χ3n) is 12.3. The topological polar surface area (TPSA) is 398 Å². The Labute approximate surface area is 432 Å². The number of imidazole rings is 1. The molecule has 5 atom stereocenters. The number of carbonyl (C=O) groups excluding carboxylic acids is 7. The van der Waals surface area contributed by atoms with Crippen LogP contribution < -0.4 is 50.4 Å². The zero-order valence-corrected chi connectivity index (χ0v) is 43.0. The smallest absolute Gasteiger partial charge is 0.243 e. The Bertz CT molecular complexity index is 2200. The minimum absolute atomic E-state index is 0.00551. The number of amides is 7. The number of aromatic nitrogens is 3. The van der Waals surface area contributed by atoms with E-state index in [1.807, 2.05) is 30.5 Å². The van der Waals surface area contributed by atoms with Crippen molar-refractivity contribution in [2.75, 3.05) is 64.7 Å². The van der Waals surface area contributed by atoms with Crippen molar-refractivity contribution in [3.05, 3.63) is 54.2 Å². The molecule has 3 rings (SSSR count). The molecule has 0 bridgehead atoms. The summed E-state index contributed by atoms with van der Waals surface area (Å²) in [5, 5.41) is 19.2. The van der Waals surface area contributed by atoms with Crippen LogP contribution in [-0.2, 0) is 46.4 Å². The maximum Gasteiger partial charge on any atom is 0.243 e. The second-order valence-electron chi connectivity index (χ2n) is 17.8. The standard InChI is InChI=1S/C48H80N16O8S/c1-32(65)43(51)47(72)58-23-25-63(42(68)17-27-73)38(13-9-20-59-48(53)54)45(70)56-22-26-64(40(66)14-3-2-7-18-49)39(28-34-30-55-31-61-34)46(71)57-21-24-62(37(44(52)69)12-6-8-19-50)41(67)16-15-33-29-60-36-11-5-4-10-35(33)36/h4-5,10-11,29-32,37-39,43,60,65,73H,2-3,6-9,12-28,49-51H2,1H3,(H2,52,69)(H,55,61)(H,56,70)(H,57,71)(H,58,72)(H4,53,54,59). The molecule has 73 heavy (non-hydrogen) atoms. The highest BCUT2D eigenvalue weighted by atomic mass is 32.1. The van der Waals surface area contributed by atoms with E-state index in [2.05, 4.69) is 48.5 Å². The number of primary amides is 1. The second-order valence-corrected chi connectivity index (χ2v) is 18.2. The number of rotatable bonds is 37. The van der Waals surface area contributed by atoms with Gasteiger partial charge in [-0.15, -0.1) is 0 Å². The van der Waals surface area contributed by atoms with E-state index in [-0.39, 0.29) is 114 Å². The molecule has 0 aliphatic rings. The lowest BCUT2D eigenvalue weighted by Gasteiger charge is -2.34. The van der Waals surface area contributed by atoms with E-state index in [1.165, 1.54) is 34.1 Å². The number of hydrogen-bond acceptors (Lipinski definition) is 14. The summed E-state index contributed by atoms with van der Waals surface area (Å²) in [7, 11) is 0. The number of unbranched alkanes of at least 4 members (excludes halogenated alkanes) is 3. The molecule has 25 heteroatoms. The third kappa shape index (κ3) is 21.0. The first-order valence-corrected chi connectivity index (χ1v) is 25.7. The number of hydrogen-bond donors (Lipinski definition) is 13. The van der Waals surface area contributed by atoms with Gasteiger partial charge in [0.05, 0.1) is 12.4 Å². The average molecular weight is 1040 g/mol. The summed E-state index contributed by atoms with van der Waals surface area (Å²) in [6, 6.07) is 3.29. The van der Waals surface area contributed by atoms with Gasteiger partial charge in [0.25, 0.3) is 0 Å². The first-order valence-electron chi connectivity index (χ1n) is 25.1. The zero-order chi connectivity index (χ0) is 53.7. The van der Waals surface area contributed by atoms with Crippen LogP contribution in [0.1, 0.15) is 88.8 Å². The Balaban J connectivity index is 1.91. The van der Waals surface area contributed by atoms with Crippen LogP contribution in [0.5, 0.6) is 0 Å². The number of nitrogens with one attached hydrogen (secondary N) is 5. The molecule has 0 spiro atoms. The van der Waals surface area contributed by atoms with E-state index in [0.29, 0.717) is 57.3 Å². The number of H-pyrrole nitrogens is 2. The maximum atomic E-state index is 14.5. The number of fused-ring (bicyclic) bond motifs is 1. The minimum Gasteiger partial charge on any atom is -0.391 e. The van der Waals surface area contributed by atoms with Crippen molar-refractivity contribution in [3.8, 4) is 0 Å². The van der Waals surface area contributed by atoms with Crippen LogP contribution in [0.3, 0.4) is 0 Å². The number of aliphatic hydroxyl groups is 1. The number of aromatic amines is 2. The Morgan fingerprint density at radius 1 is 0.726 bits per heavy atom. The van der Waals surface area contributed by atoms with E-state index in [1.54, 1.807) is 0 Å². The molecular formula is C48H80N16O8S. The molecule has 3 aromatic rings. The van der Waals surface area contributed by atoms with Crippen LogP contribution in [0.2, 0.25) is 0 Å². The van der Waals surface area contributed by atoms with E-state index in [4.69, 9.17) is 34.4 Å². The van der Waals surface area contributed by atoms with Crippen molar-refractivity contribution in [3.63, 3.8) is 0 Å². The zero-order valence-electron chi connectivity index (χ0n) is 42.1. The van der Waals surface area contributed by atoms with Gasteiger partial charge in [-0.25, -0.2) is 4.98 Å². The molecule has 5 unspecified atom stereocenters. The Morgan fingerprint density at radius 3 is 1.90 bits per heavy atom. The van der Waals surface area contributed by atoms with Crippen molar-refractivity contribution in [1.82, 2.24) is 45.6 Å². The molecule has 0 aliphatic heterocycles. The number of aliphatic imine (C=N–C) groups is 1. The molecular weight excluding hydrogens is 961 g/mol. The Morgan fingerprint density at radius 2 is 1.30 bits per heavy atom. The van der Waals surface area contributed by atoms with Crippen LogP contribution >= 0.6 is 12.6 Å². The SMILES string of the molecule is CC(O)C(N)C(=O)NCCN(C(=O)CCS)C(CCCN=C(N)N)C(=O)NCCN(C(=O)CCCCCN)C(Cc1cnc[nH]1)C(=O)NCCN(C(=O)CCc1c[nH]c2ccccc12)C(CCCCN)C(N)=O. The number of para-hydroxylation sites is 1. The molecule has 7 amide bonds. The van der Waals surface area contributed by atoms with Gasteiger partial charge in [-0.1, -0.05) is 24.6 Å². The van der Waals surface area contributed by atoms with Crippen molar-refractivity contribution in [1.29, 1.82) is 0 Å². The normalized spacial score (nSPS) is 13.2. The van der Waals surface area contributed by atoms with Crippen molar-refractivity contribution in [2.45, 2.75) is 121 Å². The number of aliphatic hydroxyl groups excluding tert-OH is 1. The lowest BCUT2D eigenvalue weighted by molar-refractivity contribution is -0.142. The quantitative estimate of drug-likeness (QED) is 0.0132. The van der Waals surface area contributed by atoms with Crippen molar-refractivity contribution in [2.24, 2.45) is 39.4 Å². The van der Waals surface area contributed by atoms with Gasteiger partial charge in [0.1, 0.15) is 24.2 Å². The number of thiol groups is 1. The summed E-state index contributed by atoms with van der Waals surface area (Å²) < 4.78 is 0. The van der Waals surface area contributed by atoms with Crippen LogP contribution in [0.25, 0.3) is 10.9 Å². The molecule has 2 heterocycles. The van der Waals surface area contributed by atoms with Gasteiger partial charge in [0, 0.05) is 100 Å². The fraction of sp³-hybridized carbons (Fsp3) is 0.604. The first kappa shape index (κ1) is 61.0. The van der Waals surface area contributed by atoms with E-state index >= 15 is 0 Å². The van der Waals surface area contributed by atoms with E-state index < -0.39 is 59.8 Å². The predicted octanol–water partition coefficient (Wildman–Crippen LogP) is -1.78. The summed E-state index contributed by atoms with van der Waals surface area (Å²) in [4.78, 5) is 115. The minimum atomic E-state index is -1.22. The summed E-state index contributed by atoms with van der Waals surface area (Å²) in [6.07, 6.45) is 7.76. The molecule has 0 aliphatic carbocycles. The van der Waals surface area contributed by atoms with Crippen LogP contribution in [0, 0.1) is 0 Å². The number of guanidine groups is 1. The van der Waals surface area contributed by atoms with Gasteiger partial charge in [-0.05, 0) is 88.8 Å². The largest absolute Gasteiger partial charge is 0.391 e. The molecule has 0 radical (unpaired) electrons. The average Bonchev–Trinajstić information content (AvgIpc) is 4.04. The summed E-state index contributed by atoms with van der Waals surface area (Å²) in [6.45, 7) is 1.67. The molecule has 2 aromatic heterocycles. The molecule has 406 valence electrons. The molecule has 18 N–H and O–H groups in total. The van der Waals surface area contributed by atoms with Gasteiger partial charge >= 0.3 is 0 Å². The third-order valence-corrected chi connectivity index (χ3v) is 12.6. The summed E-state index contributed by atoms with van der Waals surface area (Å²) >= 11 is 4.23. The molecule has 24 nitrogen and oxygen atoms in total. The second kappa shape index (κ2) is 33.4. The van der Waals surface area contributed by atoms with Crippen molar-refractivity contribution >= 4 is 70.8 Å². The fourth-order valence-electron chi connectivity index (χ4n) is 8.34. The predicted molar refractivity (Wildman–Crippen MR) is 282 cm³/mol. The molecule has 1 aromatic carbocycles. The fourth-order valence-corrected chi connectivity index (χ4v) is 8.53. The maximum absolute atomic E-state index is 14.5. The van der Waals surface area contributed by atoms with Gasteiger partial charge < -0.3 is 80.1 Å². The van der Waals surface area contributed by atoms with Gasteiger partial charge in [-0.2, -0.15) is 12.6 Å². The van der Waals surface area contributed by atoms with Crippen molar-refractivity contribution < 1.29 is 38.7 Å². The first-order chi connectivity index (χ1) is 35.0. The monoisotopic (exact) mass is 1040 g/mol. The van der Waals surface area contributed by atoms with Gasteiger partial charge in [0.15, 0.2) is 5.96 Å². The highest BCUT2D eigenvalue weighted by Crippen LogP contribution is 2.21. The number of benzene rings is 1. The number of nitrogens with zero attached hydrogens (tertiary/aromatic N) is 5.